The van der Waals surface area contributed by atoms with E-state index in [0.717, 1.165) is 67.4 Å². The van der Waals surface area contributed by atoms with Crippen LogP contribution >= 0.6 is 0 Å². The highest BCUT2D eigenvalue weighted by Gasteiger charge is 2.38. The molecule has 6 heterocycles. The van der Waals surface area contributed by atoms with E-state index in [0.29, 0.717) is 35.7 Å². The Morgan fingerprint density at radius 1 is 1.17 bits per heavy atom. The van der Waals surface area contributed by atoms with Gasteiger partial charge in [-0.3, -0.25) is 9.69 Å². The minimum atomic E-state index is -1.29. The Labute approximate surface area is 245 Å². The molecule has 0 spiro atoms. The highest BCUT2D eigenvalue weighted by molar-refractivity contribution is 7.90. The van der Waals surface area contributed by atoms with E-state index in [-0.39, 0.29) is 11.9 Å². The van der Waals surface area contributed by atoms with Crippen LogP contribution < -0.4 is 14.5 Å². The lowest BCUT2D eigenvalue weighted by Gasteiger charge is -2.28. The Morgan fingerprint density at radius 3 is 2.68 bits per heavy atom. The smallest absolute Gasteiger partial charge is 0.260 e. The number of carbonyl (C=O) groups is 1. The Bertz CT molecular complexity index is 1470. The number of fused-ring (bicyclic) bond motifs is 2. The van der Waals surface area contributed by atoms with Crippen molar-refractivity contribution >= 4 is 28.9 Å². The molecule has 41 heavy (non-hydrogen) atoms. The number of anilines is 2. The largest absolute Gasteiger partial charge is 0.598 e. The molecule has 6 rings (SSSR count). The number of amides is 1. The zero-order valence-electron chi connectivity index (χ0n) is 24.8. The second-order valence-electron chi connectivity index (χ2n) is 12.5. The van der Waals surface area contributed by atoms with Gasteiger partial charge < -0.3 is 14.0 Å². The third-order valence-corrected chi connectivity index (χ3v) is 10.3. The van der Waals surface area contributed by atoms with Crippen LogP contribution in [0.4, 0.5) is 11.6 Å². The molecule has 3 aliphatic rings. The molecule has 0 bridgehead atoms. The predicted octanol–water partition coefficient (Wildman–Crippen LogP) is 4.89. The summed E-state index contributed by atoms with van der Waals surface area (Å²) < 4.78 is 18.1. The molecule has 218 valence electrons. The van der Waals surface area contributed by atoms with E-state index in [1.54, 1.807) is 4.90 Å². The molecule has 3 aromatic rings. The van der Waals surface area contributed by atoms with Crippen molar-refractivity contribution in [3.8, 4) is 11.5 Å². The van der Waals surface area contributed by atoms with Crippen LogP contribution in [0.5, 0.6) is 0 Å². The number of hydrogen-bond acceptors (Lipinski definition) is 8. The summed E-state index contributed by atoms with van der Waals surface area (Å²) in [6, 6.07) is 8.09. The zero-order chi connectivity index (χ0) is 29.1. The quantitative estimate of drug-likeness (QED) is 0.395. The van der Waals surface area contributed by atoms with Crippen molar-refractivity contribution in [3.63, 3.8) is 0 Å². The lowest BCUT2D eigenvalue weighted by molar-refractivity contribution is 0.0996. The van der Waals surface area contributed by atoms with Gasteiger partial charge in [0.05, 0.1) is 23.8 Å². The van der Waals surface area contributed by atoms with Crippen molar-refractivity contribution in [2.45, 2.75) is 103 Å². The van der Waals surface area contributed by atoms with Gasteiger partial charge in [0.1, 0.15) is 27.9 Å². The topological polar surface area (TPSA) is 115 Å². The molecule has 1 N–H and O–H groups in total. The Kier molecular flexibility index (Phi) is 7.32. The molecule has 1 saturated heterocycles. The van der Waals surface area contributed by atoms with Gasteiger partial charge in [0.2, 0.25) is 0 Å². The molecular weight excluding hydrogens is 536 g/mol. The average Bonchev–Trinajstić information content (AvgIpc) is 3.72. The molecule has 0 saturated carbocycles. The van der Waals surface area contributed by atoms with Crippen molar-refractivity contribution < 1.29 is 9.35 Å². The van der Waals surface area contributed by atoms with Gasteiger partial charge >= 0.3 is 0 Å². The lowest BCUT2D eigenvalue weighted by atomic mass is 10.0. The molecule has 11 heteroatoms. The van der Waals surface area contributed by atoms with E-state index in [9.17, 15) is 9.35 Å². The Hall–Kier alpha value is -3.02. The summed E-state index contributed by atoms with van der Waals surface area (Å²) in [5.74, 6) is 3.04. The van der Waals surface area contributed by atoms with Gasteiger partial charge in [-0.25, -0.2) is 9.97 Å². The first-order valence-corrected chi connectivity index (χ1v) is 15.9. The van der Waals surface area contributed by atoms with Gasteiger partial charge in [-0.2, -0.15) is 0 Å². The highest BCUT2D eigenvalue weighted by Crippen LogP contribution is 2.37. The molecule has 1 fully saturated rings. The van der Waals surface area contributed by atoms with Crippen LogP contribution in [0.25, 0.3) is 11.5 Å². The Balaban J connectivity index is 1.37. The number of nitrogens with zero attached hydrogens (tertiary/aromatic N) is 7. The first-order valence-electron chi connectivity index (χ1n) is 14.8. The maximum atomic E-state index is 14.0. The van der Waals surface area contributed by atoms with Gasteiger partial charge in [0.25, 0.3) is 5.91 Å². The monoisotopic (exact) mass is 576 g/mol. The van der Waals surface area contributed by atoms with E-state index in [1.165, 1.54) is 0 Å². The van der Waals surface area contributed by atoms with Crippen molar-refractivity contribution in [1.82, 2.24) is 29.5 Å². The third-order valence-electron chi connectivity index (χ3n) is 8.58. The molecule has 10 nitrogen and oxygen atoms in total. The predicted molar refractivity (Wildman–Crippen MR) is 161 cm³/mol. The maximum Gasteiger partial charge on any atom is 0.260 e. The van der Waals surface area contributed by atoms with Crippen LogP contribution in [0.1, 0.15) is 107 Å². The van der Waals surface area contributed by atoms with Crippen molar-refractivity contribution in [3.05, 3.63) is 46.9 Å². The van der Waals surface area contributed by atoms with Gasteiger partial charge in [-0.05, 0) is 78.5 Å². The van der Waals surface area contributed by atoms with Gasteiger partial charge in [0.15, 0.2) is 5.82 Å². The second-order valence-corrected chi connectivity index (χ2v) is 14.5. The van der Waals surface area contributed by atoms with E-state index >= 15 is 0 Å². The van der Waals surface area contributed by atoms with Crippen LogP contribution in [-0.2, 0) is 24.3 Å². The van der Waals surface area contributed by atoms with Gasteiger partial charge in [0, 0.05) is 42.0 Å². The molecule has 0 aromatic carbocycles. The van der Waals surface area contributed by atoms with E-state index in [4.69, 9.17) is 9.97 Å². The van der Waals surface area contributed by atoms with Crippen molar-refractivity contribution in [1.29, 1.82) is 0 Å². The van der Waals surface area contributed by atoms with E-state index in [1.807, 2.05) is 52.0 Å². The van der Waals surface area contributed by atoms with Crippen molar-refractivity contribution in [2.24, 2.45) is 0 Å². The number of aromatic nitrogens is 5. The zero-order valence-corrected chi connectivity index (χ0v) is 25.7. The Morgan fingerprint density at radius 2 is 1.98 bits per heavy atom. The van der Waals surface area contributed by atoms with E-state index < -0.39 is 16.1 Å². The summed E-state index contributed by atoms with van der Waals surface area (Å²) in [5, 5.41) is 8.89. The minimum absolute atomic E-state index is 0.0940. The van der Waals surface area contributed by atoms with Crippen LogP contribution in [0.2, 0.25) is 0 Å². The molecule has 3 aliphatic heterocycles. The molecular formula is C30H40N8O2S. The number of rotatable bonds is 7. The summed E-state index contributed by atoms with van der Waals surface area (Å²) in [6.07, 6.45) is 5.19. The third kappa shape index (κ3) is 5.02. The fourth-order valence-corrected chi connectivity index (χ4v) is 7.02. The molecule has 0 radical (unpaired) electrons. The number of carbonyl (C=O) groups excluding carboxylic acids is 1. The summed E-state index contributed by atoms with van der Waals surface area (Å²) in [4.78, 5) is 28.0. The number of nitrogens with one attached hydrogen (secondary N) is 1. The molecule has 3 aromatic heterocycles. The minimum Gasteiger partial charge on any atom is -0.598 e. The maximum absolute atomic E-state index is 14.0. The lowest BCUT2D eigenvalue weighted by Crippen LogP contribution is -2.41. The SMILES string of the molecule is CC[C@H]1CCc2nnc(-c3cccc(N4Cc5c(cc(N6CCC[C@H]6C)nc5[C@H](C)N[S@@+]([O-])C(C)(C)C)C4=O)n3)n21. The summed E-state index contributed by atoms with van der Waals surface area (Å²) in [7, 11) is 0. The van der Waals surface area contributed by atoms with E-state index in [2.05, 4.69) is 38.2 Å². The number of aryl methyl sites for hydroxylation is 1. The standard InChI is InChI=1S/C30H40N8O2S/c1-7-20-13-14-25-33-34-28(38(20)25)23-11-8-12-24(31-23)37-17-22-21(29(37)39)16-26(36-15-9-10-18(36)2)32-27(22)19(3)35-41(40)30(4,5)6/h8,11-12,16,18-20,35H,7,9-10,13-15,17H2,1-6H3/t18-,19+,20+,41+/m1/s1. The van der Waals surface area contributed by atoms with Crippen LogP contribution in [-0.4, -0.2) is 52.5 Å². The molecule has 0 aliphatic carbocycles. The molecule has 0 unspecified atom stereocenters. The van der Waals surface area contributed by atoms with Crippen LogP contribution in [0, 0.1) is 0 Å². The van der Waals surface area contributed by atoms with Crippen molar-refractivity contribution in [2.75, 3.05) is 16.3 Å². The fraction of sp³-hybridized carbons (Fsp3) is 0.567. The van der Waals surface area contributed by atoms with Gasteiger partial charge in [-0.1, -0.05) is 13.0 Å². The first-order chi connectivity index (χ1) is 19.6. The summed E-state index contributed by atoms with van der Waals surface area (Å²) >= 11 is -1.29. The normalized spacial score (nSPS) is 21.9. The second kappa shape index (κ2) is 10.7. The molecule has 1 amide bonds. The van der Waals surface area contributed by atoms with Crippen LogP contribution in [0.15, 0.2) is 24.3 Å². The summed E-state index contributed by atoms with van der Waals surface area (Å²) in [5.41, 5.74) is 2.98. The first kappa shape index (κ1) is 28.1. The highest BCUT2D eigenvalue weighted by atomic mass is 32.2. The fourth-order valence-electron chi connectivity index (χ4n) is 6.23. The molecule has 4 atom stereocenters. The average molecular weight is 577 g/mol. The van der Waals surface area contributed by atoms with Crippen LogP contribution in [0.3, 0.4) is 0 Å². The summed E-state index contributed by atoms with van der Waals surface area (Å²) in [6.45, 7) is 13.5. The number of hydrogen-bond donors (Lipinski definition) is 1. The number of pyridine rings is 2. The van der Waals surface area contributed by atoms with Gasteiger partial charge in [-0.15, -0.1) is 14.9 Å².